The van der Waals surface area contributed by atoms with Gasteiger partial charge >= 0.3 is 5.97 Å². The van der Waals surface area contributed by atoms with Crippen molar-refractivity contribution in [1.82, 2.24) is 9.78 Å². The molecule has 0 aliphatic heterocycles. The Balaban J connectivity index is 1.64. The lowest BCUT2D eigenvalue weighted by atomic mass is 10.1. The Morgan fingerprint density at radius 1 is 1.00 bits per heavy atom. The maximum absolute atomic E-state index is 12.0. The third-order valence-corrected chi connectivity index (χ3v) is 4.85. The first-order valence-electron chi connectivity index (χ1n) is 9.11. The SMILES string of the molecule is Cc1ccc(COC(=O)/C=C/c2c(C)nn(Cc3ccc(C)cc3)c2Cl)cc1. The first kappa shape index (κ1) is 19.9. The highest BCUT2D eigenvalue weighted by atomic mass is 35.5. The summed E-state index contributed by atoms with van der Waals surface area (Å²) in [6.07, 6.45) is 3.05. The number of benzene rings is 2. The van der Waals surface area contributed by atoms with Gasteiger partial charge in [0.25, 0.3) is 0 Å². The molecule has 0 unspecified atom stereocenters. The van der Waals surface area contributed by atoms with Crippen molar-refractivity contribution in [1.29, 1.82) is 0 Å². The van der Waals surface area contributed by atoms with Crippen molar-refractivity contribution in [3.05, 3.63) is 93.3 Å². The molecule has 1 heterocycles. The van der Waals surface area contributed by atoms with E-state index in [2.05, 4.69) is 36.3 Å². The number of aryl methyl sites for hydroxylation is 3. The minimum absolute atomic E-state index is 0.239. The number of aromatic nitrogens is 2. The lowest BCUT2D eigenvalue weighted by Crippen LogP contribution is -2.02. The van der Waals surface area contributed by atoms with Crippen LogP contribution in [0.1, 0.15) is 33.5 Å². The van der Waals surface area contributed by atoms with Crippen molar-refractivity contribution >= 4 is 23.6 Å². The van der Waals surface area contributed by atoms with Crippen molar-refractivity contribution in [2.24, 2.45) is 0 Å². The maximum Gasteiger partial charge on any atom is 0.331 e. The van der Waals surface area contributed by atoms with E-state index >= 15 is 0 Å². The number of ether oxygens (including phenoxy) is 1. The van der Waals surface area contributed by atoms with Gasteiger partial charge in [0.1, 0.15) is 11.8 Å². The van der Waals surface area contributed by atoms with Crippen LogP contribution in [0.2, 0.25) is 5.15 Å². The molecule has 28 heavy (non-hydrogen) atoms. The van der Waals surface area contributed by atoms with Crippen LogP contribution in [0.4, 0.5) is 0 Å². The molecule has 0 spiro atoms. The second-order valence-corrected chi connectivity index (χ2v) is 7.22. The quantitative estimate of drug-likeness (QED) is 0.422. The van der Waals surface area contributed by atoms with Crippen LogP contribution in [0.25, 0.3) is 6.08 Å². The monoisotopic (exact) mass is 394 g/mol. The number of rotatable bonds is 6. The van der Waals surface area contributed by atoms with E-state index in [-0.39, 0.29) is 6.61 Å². The van der Waals surface area contributed by atoms with E-state index < -0.39 is 5.97 Å². The summed E-state index contributed by atoms with van der Waals surface area (Å²) >= 11 is 6.48. The number of halogens is 1. The van der Waals surface area contributed by atoms with Gasteiger partial charge < -0.3 is 4.74 Å². The van der Waals surface area contributed by atoms with Crippen LogP contribution in [0.5, 0.6) is 0 Å². The van der Waals surface area contributed by atoms with Gasteiger partial charge in [-0.15, -0.1) is 0 Å². The first-order chi connectivity index (χ1) is 13.4. The van der Waals surface area contributed by atoms with E-state index in [1.54, 1.807) is 10.8 Å². The fraction of sp³-hybridized carbons (Fsp3) is 0.217. The summed E-state index contributed by atoms with van der Waals surface area (Å²) < 4.78 is 7.02. The largest absolute Gasteiger partial charge is 0.458 e. The highest BCUT2D eigenvalue weighted by Crippen LogP contribution is 2.22. The zero-order valence-corrected chi connectivity index (χ0v) is 17.0. The molecule has 2 aromatic carbocycles. The van der Waals surface area contributed by atoms with Crippen LogP contribution in [0.15, 0.2) is 54.6 Å². The van der Waals surface area contributed by atoms with Gasteiger partial charge in [0.2, 0.25) is 0 Å². The standard InChI is InChI=1S/C23H23ClN2O2/c1-16-4-8-19(9-5-16)14-26-23(24)21(18(3)25-26)12-13-22(27)28-15-20-10-6-17(2)7-11-20/h4-13H,14-15H2,1-3H3/b13-12+. The maximum atomic E-state index is 12.0. The van der Waals surface area contributed by atoms with Gasteiger partial charge in [0.15, 0.2) is 0 Å². The average molecular weight is 395 g/mol. The van der Waals surface area contributed by atoms with Gasteiger partial charge in [0, 0.05) is 11.6 Å². The van der Waals surface area contributed by atoms with Crippen molar-refractivity contribution in [2.75, 3.05) is 0 Å². The molecule has 1 aromatic heterocycles. The van der Waals surface area contributed by atoms with Gasteiger partial charge in [-0.1, -0.05) is 71.3 Å². The van der Waals surface area contributed by atoms with Crippen LogP contribution >= 0.6 is 11.6 Å². The zero-order chi connectivity index (χ0) is 20.1. The van der Waals surface area contributed by atoms with Crippen LogP contribution in [0.3, 0.4) is 0 Å². The van der Waals surface area contributed by atoms with E-state index in [0.717, 1.165) is 22.4 Å². The molecule has 3 aromatic rings. The molecular formula is C23H23ClN2O2. The molecule has 0 saturated carbocycles. The molecule has 5 heteroatoms. The Hall–Kier alpha value is -2.85. The van der Waals surface area contributed by atoms with Crippen molar-refractivity contribution < 1.29 is 9.53 Å². The summed E-state index contributed by atoms with van der Waals surface area (Å²) in [5.74, 6) is -0.415. The smallest absolute Gasteiger partial charge is 0.331 e. The number of esters is 1. The number of hydrogen-bond acceptors (Lipinski definition) is 3. The number of nitrogens with zero attached hydrogens (tertiary/aromatic N) is 2. The first-order valence-corrected chi connectivity index (χ1v) is 9.49. The van der Waals surface area contributed by atoms with E-state index in [1.165, 1.54) is 17.2 Å². The van der Waals surface area contributed by atoms with Crippen molar-refractivity contribution in [3.8, 4) is 0 Å². The van der Waals surface area contributed by atoms with Gasteiger partial charge in [-0.3, -0.25) is 0 Å². The van der Waals surface area contributed by atoms with Gasteiger partial charge in [-0.25, -0.2) is 9.48 Å². The van der Waals surface area contributed by atoms with Crippen molar-refractivity contribution in [2.45, 2.75) is 33.9 Å². The number of carbonyl (C=O) groups is 1. The Kier molecular flexibility index (Phi) is 6.32. The van der Waals surface area contributed by atoms with E-state index in [0.29, 0.717) is 11.7 Å². The molecule has 0 amide bonds. The average Bonchev–Trinajstić information content (AvgIpc) is 2.94. The minimum atomic E-state index is -0.415. The third-order valence-electron chi connectivity index (χ3n) is 4.45. The molecule has 3 rings (SSSR count). The van der Waals surface area contributed by atoms with Gasteiger partial charge in [-0.05, 0) is 38.0 Å². The van der Waals surface area contributed by atoms with Gasteiger partial charge in [-0.2, -0.15) is 5.10 Å². The van der Waals surface area contributed by atoms with Crippen LogP contribution in [-0.2, 0) is 22.7 Å². The topological polar surface area (TPSA) is 44.1 Å². The Labute approximate surface area is 170 Å². The third kappa shape index (κ3) is 5.11. The Bertz CT molecular complexity index is 987. The molecule has 4 nitrogen and oxygen atoms in total. The van der Waals surface area contributed by atoms with Crippen LogP contribution in [-0.4, -0.2) is 15.7 Å². The Morgan fingerprint density at radius 3 is 2.18 bits per heavy atom. The number of carbonyl (C=O) groups excluding carboxylic acids is 1. The molecule has 0 aliphatic rings. The second-order valence-electron chi connectivity index (χ2n) is 6.86. The van der Waals surface area contributed by atoms with Crippen LogP contribution in [0, 0.1) is 20.8 Å². The van der Waals surface area contributed by atoms with E-state index in [4.69, 9.17) is 16.3 Å². The summed E-state index contributed by atoms with van der Waals surface area (Å²) in [5.41, 5.74) is 5.93. The predicted octanol–water partition coefficient (Wildman–Crippen LogP) is 5.27. The predicted molar refractivity (Wildman–Crippen MR) is 112 cm³/mol. The summed E-state index contributed by atoms with van der Waals surface area (Å²) in [4.78, 5) is 12.0. The number of hydrogen-bond donors (Lipinski definition) is 0. The molecule has 0 atom stereocenters. The minimum Gasteiger partial charge on any atom is -0.458 e. The lowest BCUT2D eigenvalue weighted by molar-refractivity contribution is -0.138. The fourth-order valence-electron chi connectivity index (χ4n) is 2.77. The highest BCUT2D eigenvalue weighted by molar-refractivity contribution is 6.31. The van der Waals surface area contributed by atoms with E-state index in [1.807, 2.05) is 38.1 Å². The summed E-state index contributed by atoms with van der Waals surface area (Å²) in [6, 6.07) is 16.1. The molecule has 0 saturated heterocycles. The fourth-order valence-corrected chi connectivity index (χ4v) is 3.06. The molecular weight excluding hydrogens is 372 g/mol. The van der Waals surface area contributed by atoms with E-state index in [9.17, 15) is 4.79 Å². The molecule has 0 bridgehead atoms. The van der Waals surface area contributed by atoms with Crippen LogP contribution < -0.4 is 0 Å². The normalized spacial score (nSPS) is 11.1. The summed E-state index contributed by atoms with van der Waals surface area (Å²) in [7, 11) is 0. The molecule has 144 valence electrons. The highest BCUT2D eigenvalue weighted by Gasteiger charge is 2.12. The Morgan fingerprint density at radius 2 is 1.57 bits per heavy atom. The summed E-state index contributed by atoms with van der Waals surface area (Å²) in [6.45, 7) is 6.75. The lowest BCUT2D eigenvalue weighted by Gasteiger charge is -2.04. The molecule has 0 radical (unpaired) electrons. The summed E-state index contributed by atoms with van der Waals surface area (Å²) in [5, 5.41) is 4.99. The zero-order valence-electron chi connectivity index (χ0n) is 16.3. The van der Waals surface area contributed by atoms with Gasteiger partial charge in [0.05, 0.1) is 12.2 Å². The van der Waals surface area contributed by atoms with Crippen molar-refractivity contribution in [3.63, 3.8) is 0 Å². The molecule has 0 N–H and O–H groups in total. The molecule has 0 aliphatic carbocycles. The molecule has 0 fully saturated rings. The second kappa shape index (κ2) is 8.89.